The number of non-ortho nitro benzene ring substituents is 1. The first-order valence-electron chi connectivity index (χ1n) is 5.04. The van der Waals surface area contributed by atoms with Crippen molar-refractivity contribution in [1.29, 1.82) is 0 Å². The van der Waals surface area contributed by atoms with Gasteiger partial charge in [-0.2, -0.15) is 0 Å². The Morgan fingerprint density at radius 1 is 1.35 bits per heavy atom. The average Bonchev–Trinajstić information content (AvgIpc) is 2.28. The lowest BCUT2D eigenvalue weighted by atomic mass is 10.3. The van der Waals surface area contributed by atoms with Gasteiger partial charge in [0, 0.05) is 26.2 Å². The van der Waals surface area contributed by atoms with Crippen LogP contribution >= 0.6 is 0 Å². The molecule has 0 aliphatic rings. The molecule has 1 atom stereocenters. The largest absolute Gasteiger partial charge is 0.481 e. The number of rotatable bonds is 4. The van der Waals surface area contributed by atoms with Crippen LogP contribution < -0.4 is 4.74 Å². The quantitative estimate of drug-likeness (QED) is 0.588. The van der Waals surface area contributed by atoms with Crippen LogP contribution in [0.25, 0.3) is 0 Å². The minimum absolute atomic E-state index is 0.0102. The van der Waals surface area contributed by atoms with E-state index in [9.17, 15) is 14.9 Å². The number of nitrogens with zero attached hydrogens (tertiary/aromatic N) is 2. The molecule has 0 heterocycles. The fourth-order valence-electron chi connectivity index (χ4n) is 1.26. The molecular weight excluding hydrogens is 224 g/mol. The summed E-state index contributed by atoms with van der Waals surface area (Å²) < 4.78 is 5.36. The van der Waals surface area contributed by atoms with E-state index in [1.54, 1.807) is 21.0 Å². The Kier molecular flexibility index (Phi) is 4.03. The summed E-state index contributed by atoms with van der Waals surface area (Å²) >= 11 is 0. The Balaban J connectivity index is 2.69. The lowest BCUT2D eigenvalue weighted by Crippen LogP contribution is -2.35. The van der Waals surface area contributed by atoms with Gasteiger partial charge in [-0.15, -0.1) is 0 Å². The number of amides is 1. The first-order valence-corrected chi connectivity index (χ1v) is 5.04. The molecule has 0 radical (unpaired) electrons. The summed E-state index contributed by atoms with van der Waals surface area (Å²) in [7, 11) is 3.27. The predicted molar refractivity (Wildman–Crippen MR) is 61.9 cm³/mol. The van der Waals surface area contributed by atoms with Gasteiger partial charge in [-0.05, 0) is 19.1 Å². The molecule has 1 aromatic carbocycles. The van der Waals surface area contributed by atoms with Crippen LogP contribution in [-0.2, 0) is 4.79 Å². The summed E-state index contributed by atoms with van der Waals surface area (Å²) in [6.45, 7) is 1.63. The number of likely N-dealkylation sites (N-methyl/N-ethyl adjacent to an activating group) is 1. The Morgan fingerprint density at radius 2 is 1.88 bits per heavy atom. The van der Waals surface area contributed by atoms with Crippen molar-refractivity contribution in [3.05, 3.63) is 34.4 Å². The van der Waals surface area contributed by atoms with Gasteiger partial charge >= 0.3 is 0 Å². The minimum atomic E-state index is -0.619. The molecule has 1 amide bonds. The third kappa shape index (κ3) is 3.44. The normalized spacial score (nSPS) is 11.7. The molecule has 0 spiro atoms. The van der Waals surface area contributed by atoms with Gasteiger partial charge in [0.15, 0.2) is 6.10 Å². The van der Waals surface area contributed by atoms with Crippen molar-refractivity contribution in [2.24, 2.45) is 0 Å². The highest BCUT2D eigenvalue weighted by atomic mass is 16.6. The molecule has 0 aliphatic heterocycles. The highest BCUT2D eigenvalue weighted by molar-refractivity contribution is 5.80. The van der Waals surface area contributed by atoms with Crippen LogP contribution in [-0.4, -0.2) is 35.9 Å². The topological polar surface area (TPSA) is 72.7 Å². The van der Waals surface area contributed by atoms with Gasteiger partial charge in [0.25, 0.3) is 11.6 Å². The molecular formula is C11H14N2O4. The second-order valence-corrected chi connectivity index (χ2v) is 3.74. The number of carbonyl (C=O) groups excluding carboxylic acids is 1. The number of hydrogen-bond donors (Lipinski definition) is 0. The van der Waals surface area contributed by atoms with Crippen LogP contribution in [0.2, 0.25) is 0 Å². The summed E-state index contributed by atoms with van der Waals surface area (Å²) in [5.74, 6) is 0.265. The molecule has 0 saturated heterocycles. The van der Waals surface area contributed by atoms with E-state index >= 15 is 0 Å². The van der Waals surface area contributed by atoms with E-state index in [4.69, 9.17) is 4.74 Å². The zero-order valence-electron chi connectivity index (χ0n) is 9.91. The Morgan fingerprint density at radius 3 is 2.29 bits per heavy atom. The van der Waals surface area contributed by atoms with Gasteiger partial charge in [-0.25, -0.2) is 0 Å². The van der Waals surface area contributed by atoms with Crippen LogP contribution in [0, 0.1) is 10.1 Å². The number of carbonyl (C=O) groups is 1. The van der Waals surface area contributed by atoms with Gasteiger partial charge in [-0.1, -0.05) is 0 Å². The first-order chi connectivity index (χ1) is 7.91. The number of benzene rings is 1. The molecule has 17 heavy (non-hydrogen) atoms. The zero-order valence-corrected chi connectivity index (χ0v) is 9.91. The summed E-state index contributed by atoms with van der Waals surface area (Å²) in [5, 5.41) is 10.4. The van der Waals surface area contributed by atoms with Crippen LogP contribution in [0.1, 0.15) is 6.92 Å². The molecule has 0 saturated carbocycles. The summed E-state index contributed by atoms with van der Waals surface area (Å²) in [6, 6.07) is 5.61. The van der Waals surface area contributed by atoms with E-state index in [1.807, 2.05) is 0 Å². The minimum Gasteiger partial charge on any atom is -0.481 e. The van der Waals surface area contributed by atoms with Crippen molar-refractivity contribution >= 4 is 11.6 Å². The second kappa shape index (κ2) is 5.29. The first kappa shape index (κ1) is 13.0. The fraction of sp³-hybridized carbons (Fsp3) is 0.364. The van der Waals surface area contributed by atoms with Gasteiger partial charge < -0.3 is 9.64 Å². The lowest BCUT2D eigenvalue weighted by molar-refractivity contribution is -0.384. The summed E-state index contributed by atoms with van der Waals surface area (Å²) in [5.41, 5.74) is -0.0102. The molecule has 1 unspecified atom stereocenters. The summed E-state index contributed by atoms with van der Waals surface area (Å²) in [4.78, 5) is 22.9. The predicted octanol–water partition coefficient (Wildman–Crippen LogP) is 1.45. The molecule has 92 valence electrons. The fourth-order valence-corrected chi connectivity index (χ4v) is 1.26. The van der Waals surface area contributed by atoms with Gasteiger partial charge in [-0.3, -0.25) is 14.9 Å². The van der Waals surface area contributed by atoms with Gasteiger partial charge in [0.1, 0.15) is 5.75 Å². The van der Waals surface area contributed by atoms with E-state index in [0.29, 0.717) is 5.75 Å². The van der Waals surface area contributed by atoms with Crippen LogP contribution in [0.15, 0.2) is 24.3 Å². The SMILES string of the molecule is CC(Oc1ccc([N+](=O)[O-])cc1)C(=O)N(C)C. The third-order valence-electron chi connectivity index (χ3n) is 2.15. The Labute approximate surface area is 98.9 Å². The van der Waals surface area contributed by atoms with Crippen molar-refractivity contribution in [2.45, 2.75) is 13.0 Å². The molecule has 0 aliphatic carbocycles. The summed E-state index contributed by atoms with van der Waals surface area (Å²) in [6.07, 6.45) is -0.619. The van der Waals surface area contributed by atoms with Crippen molar-refractivity contribution in [3.8, 4) is 5.75 Å². The number of nitro groups is 1. The standard InChI is InChI=1S/C11H14N2O4/c1-8(11(14)12(2)3)17-10-6-4-9(5-7-10)13(15)16/h4-8H,1-3H3. The van der Waals surface area contributed by atoms with E-state index in [-0.39, 0.29) is 11.6 Å². The molecule has 6 nitrogen and oxygen atoms in total. The third-order valence-corrected chi connectivity index (χ3v) is 2.15. The lowest BCUT2D eigenvalue weighted by Gasteiger charge is -2.18. The van der Waals surface area contributed by atoms with Crippen molar-refractivity contribution in [1.82, 2.24) is 4.90 Å². The number of ether oxygens (including phenoxy) is 1. The maximum Gasteiger partial charge on any atom is 0.269 e. The smallest absolute Gasteiger partial charge is 0.269 e. The maximum atomic E-state index is 11.5. The Bertz CT molecular complexity index is 414. The van der Waals surface area contributed by atoms with Crippen molar-refractivity contribution < 1.29 is 14.5 Å². The molecule has 1 rings (SSSR count). The number of hydrogen-bond acceptors (Lipinski definition) is 4. The highest BCUT2D eigenvalue weighted by Crippen LogP contribution is 2.18. The van der Waals surface area contributed by atoms with Crippen LogP contribution in [0.4, 0.5) is 5.69 Å². The Hall–Kier alpha value is -2.11. The molecule has 0 N–H and O–H groups in total. The monoisotopic (exact) mass is 238 g/mol. The average molecular weight is 238 g/mol. The molecule has 1 aromatic rings. The van der Waals surface area contributed by atoms with E-state index in [2.05, 4.69) is 0 Å². The van der Waals surface area contributed by atoms with E-state index in [1.165, 1.54) is 29.2 Å². The second-order valence-electron chi connectivity index (χ2n) is 3.74. The highest BCUT2D eigenvalue weighted by Gasteiger charge is 2.16. The van der Waals surface area contributed by atoms with E-state index < -0.39 is 11.0 Å². The maximum absolute atomic E-state index is 11.5. The zero-order chi connectivity index (χ0) is 13.0. The molecule has 6 heteroatoms. The van der Waals surface area contributed by atoms with Crippen LogP contribution in [0.3, 0.4) is 0 Å². The number of nitro benzene ring substituents is 1. The van der Waals surface area contributed by atoms with Crippen molar-refractivity contribution in [2.75, 3.05) is 14.1 Å². The van der Waals surface area contributed by atoms with E-state index in [0.717, 1.165) is 0 Å². The van der Waals surface area contributed by atoms with Gasteiger partial charge in [0.2, 0.25) is 0 Å². The van der Waals surface area contributed by atoms with Gasteiger partial charge in [0.05, 0.1) is 4.92 Å². The van der Waals surface area contributed by atoms with Crippen molar-refractivity contribution in [3.63, 3.8) is 0 Å². The van der Waals surface area contributed by atoms with Crippen LogP contribution in [0.5, 0.6) is 5.75 Å². The molecule has 0 aromatic heterocycles. The molecule has 0 fully saturated rings. The molecule has 0 bridgehead atoms.